The molecule has 0 aliphatic carbocycles. The van der Waals surface area contributed by atoms with E-state index in [1.54, 1.807) is 18.2 Å². The van der Waals surface area contributed by atoms with Crippen LogP contribution >= 0.6 is 0 Å². The summed E-state index contributed by atoms with van der Waals surface area (Å²) >= 11 is 0. The number of nitrogens with one attached hydrogen (secondary N) is 2. The van der Waals surface area contributed by atoms with Gasteiger partial charge in [-0.1, -0.05) is 13.3 Å². The van der Waals surface area contributed by atoms with Crippen LogP contribution in [0.1, 0.15) is 30.1 Å². The molecule has 0 bridgehead atoms. The number of rotatable bonds is 8. The van der Waals surface area contributed by atoms with Gasteiger partial charge in [0.05, 0.1) is 5.75 Å². The van der Waals surface area contributed by atoms with Gasteiger partial charge in [0.2, 0.25) is 16.8 Å². The first-order valence-corrected chi connectivity index (χ1v) is 8.82. The third-order valence-electron chi connectivity index (χ3n) is 3.13. The molecule has 7 nitrogen and oxygen atoms in total. The largest absolute Gasteiger partial charge is 0.454 e. The lowest BCUT2D eigenvalue weighted by Crippen LogP contribution is -2.35. The van der Waals surface area contributed by atoms with Crippen LogP contribution < -0.4 is 19.5 Å². The maximum atomic E-state index is 12.0. The number of hydrogen-bond donors (Lipinski definition) is 2. The molecule has 22 heavy (non-hydrogen) atoms. The first-order valence-electron chi connectivity index (χ1n) is 7.17. The van der Waals surface area contributed by atoms with Gasteiger partial charge in [-0.2, -0.15) is 0 Å². The third kappa shape index (κ3) is 4.60. The minimum atomic E-state index is -3.25. The van der Waals surface area contributed by atoms with Gasteiger partial charge in [0.15, 0.2) is 11.5 Å². The fraction of sp³-hybridized carbons (Fsp3) is 0.500. The van der Waals surface area contributed by atoms with E-state index in [0.29, 0.717) is 23.5 Å². The van der Waals surface area contributed by atoms with Crippen molar-refractivity contribution in [3.8, 4) is 11.5 Å². The van der Waals surface area contributed by atoms with Crippen molar-refractivity contribution >= 4 is 15.9 Å². The molecule has 122 valence electrons. The number of hydrogen-bond acceptors (Lipinski definition) is 5. The summed E-state index contributed by atoms with van der Waals surface area (Å²) in [6.45, 7) is 2.47. The van der Waals surface area contributed by atoms with Crippen molar-refractivity contribution in [1.29, 1.82) is 0 Å². The van der Waals surface area contributed by atoms with Gasteiger partial charge in [-0.25, -0.2) is 13.1 Å². The van der Waals surface area contributed by atoms with Crippen LogP contribution in [0.15, 0.2) is 18.2 Å². The Balaban J connectivity index is 1.76. The topological polar surface area (TPSA) is 93.7 Å². The van der Waals surface area contributed by atoms with Crippen molar-refractivity contribution < 1.29 is 22.7 Å². The number of ether oxygens (including phenoxy) is 2. The summed E-state index contributed by atoms with van der Waals surface area (Å²) in [5, 5.41) is 2.66. The van der Waals surface area contributed by atoms with E-state index in [2.05, 4.69) is 10.0 Å². The van der Waals surface area contributed by atoms with Gasteiger partial charge < -0.3 is 14.8 Å². The van der Waals surface area contributed by atoms with E-state index in [1.807, 2.05) is 6.92 Å². The fourth-order valence-corrected chi connectivity index (χ4v) is 3.16. The highest BCUT2D eigenvalue weighted by Crippen LogP contribution is 2.32. The Labute approximate surface area is 130 Å². The molecule has 0 unspecified atom stereocenters. The SMILES string of the molecule is CCCCS(=O)(=O)NCCNC(=O)c1ccc2c(c1)OCO2. The van der Waals surface area contributed by atoms with Gasteiger partial charge in [0.25, 0.3) is 5.91 Å². The lowest BCUT2D eigenvalue weighted by atomic mass is 10.2. The van der Waals surface area contributed by atoms with Crippen LogP contribution in [0.2, 0.25) is 0 Å². The summed E-state index contributed by atoms with van der Waals surface area (Å²) in [7, 11) is -3.25. The van der Waals surface area contributed by atoms with Crippen molar-refractivity contribution in [1.82, 2.24) is 10.0 Å². The van der Waals surface area contributed by atoms with E-state index in [-0.39, 0.29) is 31.5 Å². The first-order chi connectivity index (χ1) is 10.5. The first kappa shape index (κ1) is 16.6. The summed E-state index contributed by atoms with van der Waals surface area (Å²) in [6, 6.07) is 4.90. The second-order valence-corrected chi connectivity index (χ2v) is 6.82. The van der Waals surface area contributed by atoms with E-state index < -0.39 is 10.0 Å². The Hall–Kier alpha value is -1.80. The van der Waals surface area contributed by atoms with Crippen LogP contribution in [-0.2, 0) is 10.0 Å². The summed E-state index contributed by atoms with van der Waals surface area (Å²) in [4.78, 5) is 12.0. The second kappa shape index (κ2) is 7.46. The van der Waals surface area contributed by atoms with Crippen LogP contribution in [0.5, 0.6) is 11.5 Å². The molecule has 0 saturated carbocycles. The molecule has 1 aromatic carbocycles. The molecule has 2 rings (SSSR count). The highest BCUT2D eigenvalue weighted by molar-refractivity contribution is 7.89. The number of benzene rings is 1. The Kier molecular flexibility index (Phi) is 5.62. The quantitative estimate of drug-likeness (QED) is 0.691. The van der Waals surface area contributed by atoms with E-state index in [4.69, 9.17) is 9.47 Å². The van der Waals surface area contributed by atoms with Crippen molar-refractivity contribution in [3.63, 3.8) is 0 Å². The monoisotopic (exact) mass is 328 g/mol. The van der Waals surface area contributed by atoms with E-state index >= 15 is 0 Å². The number of carbonyl (C=O) groups excluding carboxylic acids is 1. The zero-order valence-electron chi connectivity index (χ0n) is 12.4. The molecule has 1 aromatic rings. The minimum absolute atomic E-state index is 0.111. The number of fused-ring (bicyclic) bond motifs is 1. The van der Waals surface area contributed by atoms with E-state index in [1.165, 1.54) is 0 Å². The predicted molar refractivity (Wildman–Crippen MR) is 81.6 cm³/mol. The Morgan fingerprint density at radius 1 is 1.23 bits per heavy atom. The molecule has 0 radical (unpaired) electrons. The summed E-state index contributed by atoms with van der Waals surface area (Å²) < 4.78 is 36.0. The van der Waals surface area contributed by atoms with Crippen molar-refractivity contribution in [2.45, 2.75) is 19.8 Å². The summed E-state index contributed by atoms with van der Waals surface area (Å²) in [5.74, 6) is 0.971. The zero-order valence-corrected chi connectivity index (χ0v) is 13.2. The number of carbonyl (C=O) groups is 1. The van der Waals surface area contributed by atoms with Crippen molar-refractivity contribution in [2.75, 3.05) is 25.6 Å². The average Bonchev–Trinajstić information content (AvgIpc) is 2.97. The maximum absolute atomic E-state index is 12.0. The maximum Gasteiger partial charge on any atom is 0.251 e. The highest BCUT2D eigenvalue weighted by Gasteiger charge is 2.16. The van der Waals surface area contributed by atoms with Gasteiger partial charge in [0.1, 0.15) is 0 Å². The van der Waals surface area contributed by atoms with Crippen LogP contribution in [0.3, 0.4) is 0 Å². The molecule has 1 aliphatic rings. The van der Waals surface area contributed by atoms with E-state index in [9.17, 15) is 13.2 Å². The number of amides is 1. The molecule has 1 heterocycles. The Morgan fingerprint density at radius 2 is 2.00 bits per heavy atom. The third-order valence-corrected chi connectivity index (χ3v) is 4.60. The van der Waals surface area contributed by atoms with Gasteiger partial charge in [-0.3, -0.25) is 4.79 Å². The average molecular weight is 328 g/mol. The van der Waals surface area contributed by atoms with E-state index in [0.717, 1.165) is 6.42 Å². The molecular formula is C14H20N2O5S. The molecule has 0 fully saturated rings. The summed E-state index contributed by atoms with van der Waals surface area (Å²) in [5.41, 5.74) is 0.443. The number of sulfonamides is 1. The summed E-state index contributed by atoms with van der Waals surface area (Å²) in [6.07, 6.45) is 1.45. The molecule has 1 amide bonds. The van der Waals surface area contributed by atoms with Crippen molar-refractivity contribution in [2.24, 2.45) is 0 Å². The standard InChI is InChI=1S/C14H20N2O5S/c1-2-3-8-22(18,19)16-7-6-15-14(17)11-4-5-12-13(9-11)21-10-20-12/h4-5,9,16H,2-3,6-8,10H2,1H3,(H,15,17). The van der Waals surface area contributed by atoms with Gasteiger partial charge in [0, 0.05) is 18.7 Å². The van der Waals surface area contributed by atoms with Crippen LogP contribution in [0, 0.1) is 0 Å². The lowest BCUT2D eigenvalue weighted by molar-refractivity contribution is 0.0954. The Morgan fingerprint density at radius 3 is 2.77 bits per heavy atom. The van der Waals surface area contributed by atoms with Gasteiger partial charge in [-0.15, -0.1) is 0 Å². The molecule has 8 heteroatoms. The predicted octanol–water partition coefficient (Wildman–Crippen LogP) is 0.865. The molecule has 0 spiro atoms. The van der Waals surface area contributed by atoms with Crippen LogP contribution in [0.4, 0.5) is 0 Å². The van der Waals surface area contributed by atoms with Crippen LogP contribution in [-0.4, -0.2) is 40.0 Å². The molecule has 0 aromatic heterocycles. The highest BCUT2D eigenvalue weighted by atomic mass is 32.2. The second-order valence-electron chi connectivity index (χ2n) is 4.89. The zero-order chi connectivity index (χ0) is 16.0. The smallest absolute Gasteiger partial charge is 0.251 e. The molecule has 0 saturated heterocycles. The molecule has 0 atom stereocenters. The van der Waals surface area contributed by atoms with Gasteiger partial charge in [-0.05, 0) is 24.6 Å². The molecule has 1 aliphatic heterocycles. The lowest BCUT2D eigenvalue weighted by Gasteiger charge is -2.08. The molecule has 2 N–H and O–H groups in total. The van der Waals surface area contributed by atoms with Crippen LogP contribution in [0.25, 0.3) is 0 Å². The Bertz CT molecular complexity index is 630. The normalized spacial score (nSPS) is 13.1. The van der Waals surface area contributed by atoms with Crippen molar-refractivity contribution in [3.05, 3.63) is 23.8 Å². The number of unbranched alkanes of at least 4 members (excludes halogenated alkanes) is 1. The minimum Gasteiger partial charge on any atom is -0.454 e. The fourth-order valence-electron chi connectivity index (χ4n) is 1.93. The molecular weight excluding hydrogens is 308 g/mol. The van der Waals surface area contributed by atoms with Gasteiger partial charge >= 0.3 is 0 Å².